The monoisotopic (exact) mass is 334 g/mol. The molecule has 1 aliphatic heterocycles. The summed E-state index contributed by atoms with van der Waals surface area (Å²) in [5, 5.41) is 5.81. The lowest BCUT2D eigenvalue weighted by Crippen LogP contribution is -2.36. The second kappa shape index (κ2) is 5.58. The van der Waals surface area contributed by atoms with Gasteiger partial charge in [0, 0.05) is 33.2 Å². The van der Waals surface area contributed by atoms with Gasteiger partial charge in [0.25, 0.3) is 0 Å². The molecule has 0 radical (unpaired) electrons. The molecule has 0 spiro atoms. The Hall–Kier alpha value is -1.33. The summed E-state index contributed by atoms with van der Waals surface area (Å²) in [7, 11) is 2.17. The van der Waals surface area contributed by atoms with Gasteiger partial charge in [-0.05, 0) is 61.0 Å². The Kier molecular flexibility index (Phi) is 3.81. The fourth-order valence-electron chi connectivity index (χ4n) is 2.69. The molecular weight excluding hydrogens is 316 g/mol. The van der Waals surface area contributed by atoms with E-state index in [0.29, 0.717) is 6.04 Å². The summed E-state index contributed by atoms with van der Waals surface area (Å²) in [6.07, 6.45) is 4.16. The number of nitrogen functional groups attached to an aromatic ring is 1. The van der Waals surface area contributed by atoms with E-state index in [0.717, 1.165) is 52.7 Å². The zero-order chi connectivity index (χ0) is 14.1. The van der Waals surface area contributed by atoms with Crippen molar-refractivity contribution in [1.29, 1.82) is 0 Å². The number of rotatable bonds is 2. The van der Waals surface area contributed by atoms with Crippen LogP contribution in [-0.2, 0) is 0 Å². The Morgan fingerprint density at radius 2 is 2.05 bits per heavy atom. The minimum atomic E-state index is 0.490. The highest BCUT2D eigenvalue weighted by molar-refractivity contribution is 9.10. The molecule has 0 amide bonds. The van der Waals surface area contributed by atoms with E-state index in [-0.39, 0.29) is 0 Å². The van der Waals surface area contributed by atoms with Crippen LogP contribution in [0.25, 0.3) is 10.8 Å². The Balaban J connectivity index is 1.91. The third-order valence-electron chi connectivity index (χ3n) is 3.92. The van der Waals surface area contributed by atoms with Crippen LogP contribution in [0.1, 0.15) is 12.8 Å². The normalized spacial score (nSPS) is 17.5. The van der Waals surface area contributed by atoms with E-state index in [2.05, 4.69) is 38.2 Å². The van der Waals surface area contributed by atoms with Gasteiger partial charge >= 0.3 is 0 Å². The molecule has 4 nitrogen and oxygen atoms in total. The Bertz CT molecular complexity index is 621. The highest BCUT2D eigenvalue weighted by Crippen LogP contribution is 2.30. The van der Waals surface area contributed by atoms with E-state index >= 15 is 0 Å². The van der Waals surface area contributed by atoms with Crippen molar-refractivity contribution >= 4 is 38.2 Å². The first-order valence-corrected chi connectivity index (χ1v) is 7.71. The van der Waals surface area contributed by atoms with Gasteiger partial charge in [-0.2, -0.15) is 0 Å². The lowest BCUT2D eigenvalue weighted by molar-refractivity contribution is 0.264. The molecule has 3 N–H and O–H groups in total. The van der Waals surface area contributed by atoms with Gasteiger partial charge in [0.1, 0.15) is 5.82 Å². The minimum absolute atomic E-state index is 0.490. The van der Waals surface area contributed by atoms with E-state index in [9.17, 15) is 0 Å². The number of anilines is 2. The molecule has 1 saturated heterocycles. The maximum Gasteiger partial charge on any atom is 0.134 e. The van der Waals surface area contributed by atoms with Crippen molar-refractivity contribution in [2.24, 2.45) is 0 Å². The number of pyridine rings is 1. The Morgan fingerprint density at radius 1 is 1.30 bits per heavy atom. The van der Waals surface area contributed by atoms with Crippen LogP contribution in [-0.4, -0.2) is 36.1 Å². The van der Waals surface area contributed by atoms with Crippen LogP contribution in [0.2, 0.25) is 0 Å². The molecule has 0 aliphatic carbocycles. The van der Waals surface area contributed by atoms with Crippen LogP contribution >= 0.6 is 15.9 Å². The van der Waals surface area contributed by atoms with Crippen molar-refractivity contribution in [3.05, 3.63) is 28.9 Å². The molecule has 1 aromatic carbocycles. The zero-order valence-electron chi connectivity index (χ0n) is 11.6. The number of nitrogens with zero attached hydrogens (tertiary/aromatic N) is 2. The molecule has 0 bridgehead atoms. The maximum absolute atomic E-state index is 5.92. The number of nitrogens with one attached hydrogen (secondary N) is 1. The Morgan fingerprint density at radius 3 is 2.80 bits per heavy atom. The summed E-state index contributed by atoms with van der Waals surface area (Å²) in [4.78, 5) is 6.90. The number of hydrogen-bond donors (Lipinski definition) is 2. The number of halogens is 1. The molecule has 2 aromatic rings. The van der Waals surface area contributed by atoms with Crippen molar-refractivity contribution in [2.45, 2.75) is 18.9 Å². The van der Waals surface area contributed by atoms with Crippen LogP contribution in [0, 0.1) is 0 Å². The van der Waals surface area contributed by atoms with Crippen molar-refractivity contribution in [3.63, 3.8) is 0 Å². The van der Waals surface area contributed by atoms with Crippen LogP contribution in [0.4, 0.5) is 11.5 Å². The summed E-state index contributed by atoms with van der Waals surface area (Å²) in [6, 6.07) is 6.44. The first kappa shape index (κ1) is 13.6. The fraction of sp³-hybridized carbons (Fsp3) is 0.400. The summed E-state index contributed by atoms with van der Waals surface area (Å²) in [6.45, 7) is 2.27. The van der Waals surface area contributed by atoms with Gasteiger partial charge in [-0.25, -0.2) is 4.98 Å². The van der Waals surface area contributed by atoms with Crippen molar-refractivity contribution in [2.75, 3.05) is 31.2 Å². The molecule has 20 heavy (non-hydrogen) atoms. The topological polar surface area (TPSA) is 54.2 Å². The summed E-state index contributed by atoms with van der Waals surface area (Å²) in [5.74, 6) is 0.935. The molecular formula is C15H19BrN4. The quantitative estimate of drug-likeness (QED) is 0.828. The Labute approximate surface area is 127 Å². The smallest absolute Gasteiger partial charge is 0.134 e. The molecule has 3 rings (SSSR count). The molecule has 106 valence electrons. The third kappa shape index (κ3) is 2.74. The zero-order valence-corrected chi connectivity index (χ0v) is 13.2. The van der Waals surface area contributed by atoms with Crippen LogP contribution in [0.3, 0.4) is 0 Å². The summed E-state index contributed by atoms with van der Waals surface area (Å²) >= 11 is 3.55. The second-order valence-corrected chi connectivity index (χ2v) is 6.34. The van der Waals surface area contributed by atoms with Gasteiger partial charge in [-0.1, -0.05) is 6.07 Å². The second-order valence-electron chi connectivity index (χ2n) is 5.48. The highest BCUT2D eigenvalue weighted by Gasteiger charge is 2.18. The fourth-order valence-corrected chi connectivity index (χ4v) is 3.14. The van der Waals surface area contributed by atoms with Crippen LogP contribution < -0.4 is 11.1 Å². The number of aromatic nitrogens is 1. The number of hydrogen-bond acceptors (Lipinski definition) is 4. The molecule has 5 heteroatoms. The van der Waals surface area contributed by atoms with Gasteiger partial charge in [0.05, 0.1) is 0 Å². The molecule has 1 aliphatic rings. The number of fused-ring (bicyclic) bond motifs is 1. The molecule has 0 atom stereocenters. The summed E-state index contributed by atoms with van der Waals surface area (Å²) < 4.78 is 1.00. The predicted octanol–water partition coefficient (Wildman–Crippen LogP) is 3.09. The average molecular weight is 335 g/mol. The molecule has 1 fully saturated rings. The van der Waals surface area contributed by atoms with Gasteiger partial charge in [0.15, 0.2) is 0 Å². The predicted molar refractivity (Wildman–Crippen MR) is 88.0 cm³/mol. The van der Waals surface area contributed by atoms with Crippen molar-refractivity contribution < 1.29 is 0 Å². The van der Waals surface area contributed by atoms with E-state index < -0.39 is 0 Å². The SMILES string of the molecule is CN1CCC(Nc2ncc(Br)c3ccc(N)cc23)CC1. The first-order valence-electron chi connectivity index (χ1n) is 6.92. The van der Waals surface area contributed by atoms with Crippen molar-refractivity contribution in [3.8, 4) is 0 Å². The van der Waals surface area contributed by atoms with Gasteiger partial charge in [-0.15, -0.1) is 0 Å². The number of nitrogens with two attached hydrogens (primary N) is 1. The van der Waals surface area contributed by atoms with Gasteiger partial charge < -0.3 is 16.0 Å². The van der Waals surface area contributed by atoms with E-state index in [1.165, 1.54) is 0 Å². The number of likely N-dealkylation sites (tertiary alicyclic amines) is 1. The number of piperidine rings is 1. The lowest BCUT2D eigenvalue weighted by Gasteiger charge is -2.30. The van der Waals surface area contributed by atoms with E-state index in [1.54, 1.807) is 0 Å². The number of benzene rings is 1. The maximum atomic E-state index is 5.92. The van der Waals surface area contributed by atoms with Gasteiger partial charge in [0.2, 0.25) is 0 Å². The van der Waals surface area contributed by atoms with Gasteiger partial charge in [-0.3, -0.25) is 0 Å². The van der Waals surface area contributed by atoms with E-state index in [1.807, 2.05) is 24.4 Å². The first-order chi connectivity index (χ1) is 9.63. The largest absolute Gasteiger partial charge is 0.399 e. The highest BCUT2D eigenvalue weighted by atomic mass is 79.9. The van der Waals surface area contributed by atoms with Crippen molar-refractivity contribution in [1.82, 2.24) is 9.88 Å². The molecule has 0 unspecified atom stereocenters. The standard InChI is InChI=1S/C15H19BrN4/c1-20-6-4-11(5-7-20)19-15-13-8-10(17)2-3-12(13)14(16)9-18-15/h2-3,8-9,11H,4-7,17H2,1H3,(H,18,19). The minimum Gasteiger partial charge on any atom is -0.399 e. The summed E-state index contributed by atoms with van der Waals surface area (Å²) in [5.41, 5.74) is 6.68. The lowest BCUT2D eigenvalue weighted by atomic mass is 10.0. The van der Waals surface area contributed by atoms with E-state index in [4.69, 9.17) is 5.73 Å². The average Bonchev–Trinajstić information content (AvgIpc) is 2.44. The van der Waals surface area contributed by atoms with Crippen LogP contribution in [0.15, 0.2) is 28.9 Å². The third-order valence-corrected chi connectivity index (χ3v) is 4.55. The molecule has 0 saturated carbocycles. The molecule has 1 aromatic heterocycles. The van der Waals surface area contributed by atoms with Crippen LogP contribution in [0.5, 0.6) is 0 Å². The molecule has 2 heterocycles.